The molecular weight excluding hydrogens is 394 g/mol. The van der Waals surface area contributed by atoms with Gasteiger partial charge in [-0.3, -0.25) is 19.8 Å². The van der Waals surface area contributed by atoms with Crippen LogP contribution in [0.4, 0.5) is 9.93 Å². The summed E-state index contributed by atoms with van der Waals surface area (Å²) in [7, 11) is 1.57. The summed E-state index contributed by atoms with van der Waals surface area (Å²) in [5.41, 5.74) is 0.280. The molecule has 0 bridgehead atoms. The number of imide groups is 1. The van der Waals surface area contributed by atoms with Crippen LogP contribution in [0.15, 0.2) is 18.2 Å². The summed E-state index contributed by atoms with van der Waals surface area (Å²) >= 11 is 1.26. The smallest absolute Gasteiger partial charge is 0.325 e. The first-order valence-corrected chi connectivity index (χ1v) is 10.1. The number of hydrogen-bond acceptors (Lipinski definition) is 7. The van der Waals surface area contributed by atoms with Crippen molar-refractivity contribution in [2.45, 2.75) is 39.2 Å². The number of methoxy groups -OCH3 is 1. The molecule has 2 heterocycles. The Labute approximate surface area is 172 Å². The maximum absolute atomic E-state index is 13.2. The highest BCUT2D eigenvalue weighted by Crippen LogP contribution is 2.34. The fourth-order valence-corrected chi connectivity index (χ4v) is 4.00. The normalized spacial score (nSPS) is 18.7. The Hall–Kier alpha value is -3.01. The summed E-state index contributed by atoms with van der Waals surface area (Å²) in [6, 6.07) is 4.73. The number of nitrogens with zero attached hydrogens (tertiary/aromatic N) is 3. The Balaban J connectivity index is 1.80. The van der Waals surface area contributed by atoms with Gasteiger partial charge >= 0.3 is 6.03 Å². The van der Waals surface area contributed by atoms with Gasteiger partial charge in [0.2, 0.25) is 11.0 Å². The van der Waals surface area contributed by atoms with Crippen molar-refractivity contribution in [1.82, 2.24) is 20.4 Å². The van der Waals surface area contributed by atoms with E-state index in [2.05, 4.69) is 20.8 Å². The maximum atomic E-state index is 13.2. The van der Waals surface area contributed by atoms with E-state index in [1.165, 1.54) is 11.3 Å². The van der Waals surface area contributed by atoms with Gasteiger partial charge in [-0.25, -0.2) is 4.79 Å². The summed E-state index contributed by atoms with van der Waals surface area (Å²) in [4.78, 5) is 39.0. The molecule has 154 valence electrons. The van der Waals surface area contributed by atoms with Crippen molar-refractivity contribution in [3.05, 3.63) is 34.3 Å². The number of benzene rings is 1. The van der Waals surface area contributed by atoms with Crippen LogP contribution >= 0.6 is 11.3 Å². The van der Waals surface area contributed by atoms with Gasteiger partial charge < -0.3 is 10.1 Å². The molecule has 0 spiro atoms. The average molecular weight is 417 g/mol. The summed E-state index contributed by atoms with van der Waals surface area (Å²) in [6.07, 6.45) is 1.05. The van der Waals surface area contributed by atoms with Crippen molar-refractivity contribution in [2.24, 2.45) is 0 Å². The number of urea groups is 1. The molecule has 1 aromatic carbocycles. The summed E-state index contributed by atoms with van der Waals surface area (Å²) in [5, 5.41) is 14.3. The predicted octanol–water partition coefficient (Wildman–Crippen LogP) is 2.21. The van der Waals surface area contributed by atoms with Crippen LogP contribution in [0.1, 0.15) is 36.4 Å². The lowest BCUT2D eigenvalue weighted by Crippen LogP contribution is -2.44. The fraction of sp³-hybridized carbons (Fsp3) is 0.421. The van der Waals surface area contributed by atoms with E-state index in [1.54, 1.807) is 19.2 Å². The predicted molar refractivity (Wildman–Crippen MR) is 108 cm³/mol. The number of hydrogen-bond donors (Lipinski definition) is 2. The molecule has 9 nitrogen and oxygen atoms in total. The lowest BCUT2D eigenvalue weighted by Gasteiger charge is -2.26. The minimum atomic E-state index is -1.22. The third kappa shape index (κ3) is 3.80. The molecule has 1 unspecified atom stereocenters. The second-order valence-electron chi connectivity index (χ2n) is 6.67. The monoisotopic (exact) mass is 417 g/mol. The molecule has 1 fully saturated rings. The van der Waals surface area contributed by atoms with Gasteiger partial charge in [0.15, 0.2) is 0 Å². The van der Waals surface area contributed by atoms with Crippen LogP contribution in [0.3, 0.4) is 0 Å². The lowest BCUT2D eigenvalue weighted by atomic mass is 9.86. The Kier molecular flexibility index (Phi) is 5.83. The Morgan fingerprint density at radius 3 is 2.66 bits per heavy atom. The van der Waals surface area contributed by atoms with E-state index in [9.17, 15) is 14.4 Å². The van der Waals surface area contributed by atoms with Crippen molar-refractivity contribution >= 4 is 34.3 Å². The molecule has 1 saturated heterocycles. The van der Waals surface area contributed by atoms with Crippen molar-refractivity contribution in [1.29, 1.82) is 0 Å². The van der Waals surface area contributed by atoms with Gasteiger partial charge in [-0.1, -0.05) is 31.3 Å². The van der Waals surface area contributed by atoms with E-state index in [4.69, 9.17) is 4.74 Å². The molecule has 2 aromatic rings. The van der Waals surface area contributed by atoms with Crippen LogP contribution in [-0.2, 0) is 21.5 Å². The summed E-state index contributed by atoms with van der Waals surface area (Å²) < 4.78 is 5.27. The molecule has 29 heavy (non-hydrogen) atoms. The minimum Gasteiger partial charge on any atom is -0.496 e. The quantitative estimate of drug-likeness (QED) is 0.668. The van der Waals surface area contributed by atoms with Gasteiger partial charge in [0.05, 0.1) is 7.11 Å². The number of aromatic nitrogens is 2. The second kappa shape index (κ2) is 8.16. The number of aryl methyl sites for hydroxylation is 2. The largest absolute Gasteiger partial charge is 0.496 e. The van der Waals surface area contributed by atoms with Crippen LogP contribution in [0.2, 0.25) is 0 Å². The van der Waals surface area contributed by atoms with Crippen LogP contribution in [0, 0.1) is 6.92 Å². The number of nitrogens with one attached hydrogen (secondary N) is 2. The summed E-state index contributed by atoms with van der Waals surface area (Å²) in [6.45, 7) is 5.22. The Bertz CT molecular complexity index is 960. The number of carbonyl (C=O) groups excluding carboxylic acids is 3. The van der Waals surface area contributed by atoms with E-state index in [-0.39, 0.29) is 0 Å². The fourth-order valence-electron chi connectivity index (χ4n) is 3.30. The van der Waals surface area contributed by atoms with Crippen molar-refractivity contribution in [3.63, 3.8) is 0 Å². The van der Waals surface area contributed by atoms with Crippen molar-refractivity contribution in [2.75, 3.05) is 19.0 Å². The first-order chi connectivity index (χ1) is 13.8. The van der Waals surface area contributed by atoms with Gasteiger partial charge in [-0.05, 0) is 43.0 Å². The highest BCUT2D eigenvalue weighted by molar-refractivity contribution is 7.15. The zero-order valence-electron chi connectivity index (χ0n) is 16.7. The Morgan fingerprint density at radius 1 is 1.31 bits per heavy atom. The molecule has 1 aliphatic rings. The molecule has 0 aliphatic carbocycles. The molecular formula is C19H23N5O4S. The number of anilines is 1. The van der Waals surface area contributed by atoms with E-state index >= 15 is 0 Å². The first-order valence-electron chi connectivity index (χ1n) is 9.26. The molecule has 2 N–H and O–H groups in total. The van der Waals surface area contributed by atoms with E-state index < -0.39 is 29.9 Å². The average Bonchev–Trinajstić information content (AvgIpc) is 3.25. The van der Waals surface area contributed by atoms with E-state index in [0.717, 1.165) is 15.5 Å². The molecule has 1 aliphatic heterocycles. The van der Waals surface area contributed by atoms with Crippen LogP contribution in [-0.4, -0.2) is 46.6 Å². The van der Waals surface area contributed by atoms with Gasteiger partial charge in [0.1, 0.15) is 22.8 Å². The van der Waals surface area contributed by atoms with Crippen LogP contribution in [0.25, 0.3) is 0 Å². The highest BCUT2D eigenvalue weighted by Gasteiger charge is 2.51. The molecule has 0 radical (unpaired) electrons. The van der Waals surface area contributed by atoms with Crippen molar-refractivity contribution in [3.8, 4) is 5.75 Å². The molecule has 1 aromatic heterocycles. The third-order valence-corrected chi connectivity index (χ3v) is 5.89. The second-order valence-corrected chi connectivity index (χ2v) is 7.73. The molecule has 10 heteroatoms. The molecule has 1 atom stereocenters. The number of rotatable bonds is 7. The minimum absolute atomic E-state index is 0.339. The van der Waals surface area contributed by atoms with Crippen LogP contribution < -0.4 is 15.4 Å². The number of amides is 4. The topological polar surface area (TPSA) is 114 Å². The SMILES string of the molecule is CCc1nnc(NC(=O)CN2C(=O)NC(CC)(c3ccc(OC)c(C)c3)C2=O)s1. The van der Waals surface area contributed by atoms with Gasteiger partial charge in [-0.2, -0.15) is 0 Å². The van der Waals surface area contributed by atoms with E-state index in [1.807, 2.05) is 26.8 Å². The number of ether oxygens (including phenoxy) is 1. The van der Waals surface area contributed by atoms with Gasteiger partial charge in [0, 0.05) is 0 Å². The third-order valence-electron chi connectivity index (χ3n) is 4.91. The van der Waals surface area contributed by atoms with Crippen LogP contribution in [0.5, 0.6) is 5.75 Å². The molecule has 0 saturated carbocycles. The molecule has 4 amide bonds. The molecule has 3 rings (SSSR count). The van der Waals surface area contributed by atoms with Gasteiger partial charge in [-0.15, -0.1) is 10.2 Å². The highest BCUT2D eigenvalue weighted by atomic mass is 32.1. The first kappa shape index (κ1) is 20.7. The van der Waals surface area contributed by atoms with Gasteiger partial charge in [0.25, 0.3) is 5.91 Å². The zero-order valence-corrected chi connectivity index (χ0v) is 17.6. The van der Waals surface area contributed by atoms with E-state index in [0.29, 0.717) is 29.3 Å². The standard InChI is InChI=1S/C19H23N5O4S/c1-5-15-22-23-17(29-15)20-14(25)10-24-16(26)19(6-2,21-18(24)27)12-7-8-13(28-4)11(3)9-12/h7-9H,5-6,10H2,1-4H3,(H,21,27)(H,20,23,25). The Morgan fingerprint density at radius 2 is 2.07 bits per heavy atom. The maximum Gasteiger partial charge on any atom is 0.325 e. The zero-order chi connectivity index (χ0) is 21.2. The lowest BCUT2D eigenvalue weighted by molar-refractivity contribution is -0.134. The summed E-state index contributed by atoms with van der Waals surface area (Å²) in [5.74, 6) is -0.280. The number of carbonyl (C=O) groups is 3. The van der Waals surface area contributed by atoms with Crippen molar-refractivity contribution < 1.29 is 19.1 Å².